The molecule has 1 aliphatic rings. The van der Waals surface area contributed by atoms with Crippen LogP contribution in [0.4, 0.5) is 0 Å². The quantitative estimate of drug-likeness (QED) is 0.760. The smallest absolute Gasteiger partial charge is 0.260 e. The van der Waals surface area contributed by atoms with Crippen LogP contribution in [0.3, 0.4) is 0 Å². The minimum atomic E-state index is -0.619. The number of benzene rings is 1. The van der Waals surface area contributed by atoms with Crippen molar-refractivity contribution in [1.29, 1.82) is 0 Å². The van der Waals surface area contributed by atoms with Gasteiger partial charge in [-0.2, -0.15) is 5.10 Å². The Kier molecular flexibility index (Phi) is 4.26. The summed E-state index contributed by atoms with van der Waals surface area (Å²) in [6.45, 7) is 3.20. The molecule has 4 rings (SSSR count). The predicted octanol–water partition coefficient (Wildman–Crippen LogP) is 1.30. The molecule has 8 nitrogen and oxygen atoms in total. The standard InChI is InChI=1S/C18H19N5O3/c1-12(24)16-8-13-9-22(6-7-23(13)21-16)17(25)10-26-18-14-4-2-3-5-15(14)19-11-20-18/h2-5,8,11-12,24H,6-7,9-10H2,1H3/t12-/m0/s1. The van der Waals surface area contributed by atoms with Crippen molar-refractivity contribution in [3.8, 4) is 5.88 Å². The van der Waals surface area contributed by atoms with E-state index in [1.807, 2.05) is 35.0 Å². The van der Waals surface area contributed by atoms with Gasteiger partial charge in [0.1, 0.15) is 6.33 Å². The highest BCUT2D eigenvalue weighted by atomic mass is 16.5. The summed E-state index contributed by atoms with van der Waals surface area (Å²) >= 11 is 0. The molecule has 0 bridgehead atoms. The van der Waals surface area contributed by atoms with Crippen LogP contribution in [0.5, 0.6) is 5.88 Å². The molecule has 0 fully saturated rings. The summed E-state index contributed by atoms with van der Waals surface area (Å²) in [6, 6.07) is 9.35. The van der Waals surface area contributed by atoms with Gasteiger partial charge in [0.05, 0.1) is 41.5 Å². The van der Waals surface area contributed by atoms with E-state index in [9.17, 15) is 9.90 Å². The van der Waals surface area contributed by atoms with E-state index in [1.54, 1.807) is 11.8 Å². The Hall–Kier alpha value is -3.00. The van der Waals surface area contributed by atoms with E-state index in [0.29, 0.717) is 31.2 Å². The summed E-state index contributed by atoms with van der Waals surface area (Å²) < 4.78 is 7.50. The second-order valence-electron chi connectivity index (χ2n) is 6.26. The van der Waals surface area contributed by atoms with Gasteiger partial charge in [-0.15, -0.1) is 0 Å². The predicted molar refractivity (Wildman–Crippen MR) is 93.3 cm³/mol. The van der Waals surface area contributed by atoms with E-state index in [2.05, 4.69) is 15.1 Å². The molecule has 1 N–H and O–H groups in total. The number of aromatic nitrogens is 4. The third kappa shape index (κ3) is 3.11. The molecule has 1 aromatic carbocycles. The lowest BCUT2D eigenvalue weighted by atomic mass is 10.2. The Morgan fingerprint density at radius 3 is 3.00 bits per heavy atom. The molecule has 1 amide bonds. The van der Waals surface area contributed by atoms with Gasteiger partial charge in [0.25, 0.3) is 5.91 Å². The topological polar surface area (TPSA) is 93.4 Å². The fourth-order valence-electron chi connectivity index (χ4n) is 3.02. The first-order chi connectivity index (χ1) is 12.6. The van der Waals surface area contributed by atoms with Crippen LogP contribution >= 0.6 is 0 Å². The lowest BCUT2D eigenvalue weighted by Gasteiger charge is -2.27. The first-order valence-corrected chi connectivity index (χ1v) is 8.47. The number of hydrogen-bond acceptors (Lipinski definition) is 6. The number of fused-ring (bicyclic) bond motifs is 2. The molecule has 134 valence electrons. The molecule has 0 unspecified atom stereocenters. The number of para-hydroxylation sites is 1. The van der Waals surface area contributed by atoms with Crippen LogP contribution in [0.2, 0.25) is 0 Å². The van der Waals surface area contributed by atoms with Crippen molar-refractivity contribution in [2.45, 2.75) is 26.1 Å². The molecule has 1 atom stereocenters. The van der Waals surface area contributed by atoms with Gasteiger partial charge in [-0.1, -0.05) is 12.1 Å². The Morgan fingerprint density at radius 2 is 2.15 bits per heavy atom. The summed E-state index contributed by atoms with van der Waals surface area (Å²) in [5.74, 6) is 0.293. The summed E-state index contributed by atoms with van der Waals surface area (Å²) in [7, 11) is 0. The van der Waals surface area contributed by atoms with Crippen LogP contribution < -0.4 is 4.74 Å². The van der Waals surface area contributed by atoms with E-state index in [-0.39, 0.29) is 12.5 Å². The van der Waals surface area contributed by atoms with E-state index >= 15 is 0 Å². The van der Waals surface area contributed by atoms with Crippen molar-refractivity contribution in [2.75, 3.05) is 13.2 Å². The molecule has 3 aromatic rings. The summed E-state index contributed by atoms with van der Waals surface area (Å²) in [4.78, 5) is 22.6. The lowest BCUT2D eigenvalue weighted by Crippen LogP contribution is -2.40. The van der Waals surface area contributed by atoms with Gasteiger partial charge < -0.3 is 14.7 Å². The third-order valence-corrected chi connectivity index (χ3v) is 4.44. The summed E-state index contributed by atoms with van der Waals surface area (Å²) in [5.41, 5.74) is 2.31. The highest BCUT2D eigenvalue weighted by molar-refractivity contribution is 5.84. The number of carbonyl (C=O) groups excluding carboxylic acids is 1. The van der Waals surface area contributed by atoms with Crippen molar-refractivity contribution in [2.24, 2.45) is 0 Å². The summed E-state index contributed by atoms with van der Waals surface area (Å²) in [6.07, 6.45) is 0.811. The maximum Gasteiger partial charge on any atom is 0.260 e. The van der Waals surface area contributed by atoms with Crippen LogP contribution in [0.1, 0.15) is 24.4 Å². The second kappa shape index (κ2) is 6.72. The van der Waals surface area contributed by atoms with Crippen molar-refractivity contribution >= 4 is 16.8 Å². The Bertz CT molecular complexity index is 948. The average Bonchev–Trinajstić information content (AvgIpc) is 3.09. The van der Waals surface area contributed by atoms with E-state index in [4.69, 9.17) is 4.74 Å². The molecule has 0 saturated carbocycles. The van der Waals surface area contributed by atoms with Crippen molar-refractivity contribution < 1.29 is 14.6 Å². The molecule has 1 aliphatic heterocycles. The zero-order valence-electron chi connectivity index (χ0n) is 14.4. The Balaban J connectivity index is 1.44. The van der Waals surface area contributed by atoms with Crippen molar-refractivity contribution in [3.05, 3.63) is 48.0 Å². The average molecular weight is 353 g/mol. The van der Waals surface area contributed by atoms with Crippen LogP contribution in [-0.4, -0.2) is 48.8 Å². The van der Waals surface area contributed by atoms with Gasteiger partial charge in [0, 0.05) is 6.54 Å². The van der Waals surface area contributed by atoms with Gasteiger partial charge >= 0.3 is 0 Å². The van der Waals surface area contributed by atoms with Crippen LogP contribution in [0.15, 0.2) is 36.7 Å². The maximum absolute atomic E-state index is 12.5. The number of rotatable bonds is 4. The molecule has 3 heterocycles. The lowest BCUT2D eigenvalue weighted by molar-refractivity contribution is -0.134. The van der Waals surface area contributed by atoms with Crippen LogP contribution in [0, 0.1) is 0 Å². The summed E-state index contributed by atoms with van der Waals surface area (Å²) in [5, 5.41) is 14.8. The number of carbonyl (C=O) groups is 1. The molecule has 0 radical (unpaired) electrons. The fraction of sp³-hybridized carbons (Fsp3) is 0.333. The van der Waals surface area contributed by atoms with Gasteiger partial charge in [0.15, 0.2) is 6.61 Å². The number of hydrogen-bond donors (Lipinski definition) is 1. The molecular weight excluding hydrogens is 334 g/mol. The van der Waals surface area contributed by atoms with Gasteiger partial charge in [-0.3, -0.25) is 9.48 Å². The van der Waals surface area contributed by atoms with Gasteiger partial charge in [-0.05, 0) is 25.1 Å². The molecule has 0 aliphatic carbocycles. The largest absolute Gasteiger partial charge is 0.467 e. The van der Waals surface area contributed by atoms with E-state index in [0.717, 1.165) is 16.6 Å². The molecule has 0 spiro atoms. The third-order valence-electron chi connectivity index (χ3n) is 4.44. The molecule has 26 heavy (non-hydrogen) atoms. The molecule has 8 heteroatoms. The van der Waals surface area contributed by atoms with Gasteiger partial charge in [-0.25, -0.2) is 9.97 Å². The van der Waals surface area contributed by atoms with Crippen LogP contribution in [0.25, 0.3) is 10.9 Å². The number of ether oxygens (including phenoxy) is 1. The van der Waals surface area contributed by atoms with Crippen molar-refractivity contribution in [1.82, 2.24) is 24.6 Å². The van der Waals surface area contributed by atoms with E-state index in [1.165, 1.54) is 6.33 Å². The zero-order chi connectivity index (χ0) is 18.1. The minimum Gasteiger partial charge on any atom is -0.467 e. The van der Waals surface area contributed by atoms with Crippen LogP contribution in [-0.2, 0) is 17.9 Å². The second-order valence-corrected chi connectivity index (χ2v) is 6.26. The maximum atomic E-state index is 12.5. The molecular formula is C18H19N5O3. The zero-order valence-corrected chi connectivity index (χ0v) is 14.4. The first kappa shape index (κ1) is 16.5. The minimum absolute atomic E-state index is 0.0849. The molecule has 0 saturated heterocycles. The normalized spacial score (nSPS) is 14.9. The number of aliphatic hydroxyl groups is 1. The number of amides is 1. The number of aliphatic hydroxyl groups excluding tert-OH is 1. The van der Waals surface area contributed by atoms with Crippen molar-refractivity contribution in [3.63, 3.8) is 0 Å². The van der Waals surface area contributed by atoms with E-state index < -0.39 is 6.10 Å². The number of nitrogens with zero attached hydrogens (tertiary/aromatic N) is 5. The highest BCUT2D eigenvalue weighted by Crippen LogP contribution is 2.21. The SMILES string of the molecule is C[C@H](O)c1cc2n(n1)CCN(C(=O)COc1ncnc3ccccc13)C2. The highest BCUT2D eigenvalue weighted by Gasteiger charge is 2.23. The first-order valence-electron chi connectivity index (χ1n) is 8.47. The molecule has 2 aromatic heterocycles. The Labute approximate surface area is 150 Å². The Morgan fingerprint density at radius 1 is 1.31 bits per heavy atom. The monoisotopic (exact) mass is 353 g/mol. The van der Waals surface area contributed by atoms with Gasteiger partial charge in [0.2, 0.25) is 5.88 Å². The fourth-order valence-corrected chi connectivity index (χ4v) is 3.02.